The Morgan fingerprint density at radius 1 is 1.32 bits per heavy atom. The molecule has 0 aromatic heterocycles. The molecule has 2 unspecified atom stereocenters. The molecule has 2 atom stereocenters. The highest BCUT2D eigenvalue weighted by Crippen LogP contribution is 2.29. The van der Waals surface area contributed by atoms with Crippen molar-refractivity contribution in [1.29, 1.82) is 5.41 Å². The summed E-state index contributed by atoms with van der Waals surface area (Å²) in [5, 5.41) is 7.67. The fourth-order valence-electron chi connectivity index (χ4n) is 2.39. The lowest BCUT2D eigenvalue weighted by molar-refractivity contribution is -0.00461. The maximum Gasteiger partial charge on any atom is 0.124 e. The molecule has 0 amide bonds. The van der Waals surface area contributed by atoms with Crippen LogP contribution >= 0.6 is 15.9 Å². The fourth-order valence-corrected chi connectivity index (χ4v) is 2.74. The zero-order chi connectivity index (χ0) is 14.0. The first-order valence-corrected chi connectivity index (χ1v) is 6.80. The highest BCUT2D eigenvalue weighted by Gasteiger charge is 2.34. The Morgan fingerprint density at radius 2 is 1.89 bits per heavy atom. The third kappa shape index (κ3) is 2.91. The van der Waals surface area contributed by atoms with E-state index in [4.69, 9.17) is 20.6 Å². The number of nitrogens with two attached hydrogens (primary N) is 1. The van der Waals surface area contributed by atoms with Gasteiger partial charge in [0, 0.05) is 43.0 Å². The molecule has 0 saturated carbocycles. The average molecular weight is 328 g/mol. The maximum absolute atomic E-state index is 7.67. The molecular formula is C13H18BrN3O2. The van der Waals surface area contributed by atoms with E-state index >= 15 is 0 Å². The number of nitrogens with one attached hydrogen (secondary N) is 1. The van der Waals surface area contributed by atoms with Crippen LogP contribution in [-0.4, -0.2) is 45.4 Å². The number of benzene rings is 1. The Labute approximate surface area is 121 Å². The van der Waals surface area contributed by atoms with Crippen molar-refractivity contribution in [1.82, 2.24) is 0 Å². The van der Waals surface area contributed by atoms with Gasteiger partial charge >= 0.3 is 0 Å². The lowest BCUT2D eigenvalue weighted by Gasteiger charge is -2.21. The topological polar surface area (TPSA) is 71.6 Å². The quantitative estimate of drug-likeness (QED) is 0.650. The smallest absolute Gasteiger partial charge is 0.124 e. The van der Waals surface area contributed by atoms with E-state index in [1.54, 1.807) is 14.2 Å². The van der Waals surface area contributed by atoms with Crippen LogP contribution in [0.25, 0.3) is 0 Å². The normalized spacial score (nSPS) is 22.8. The summed E-state index contributed by atoms with van der Waals surface area (Å²) < 4.78 is 11.8. The van der Waals surface area contributed by atoms with Gasteiger partial charge in [-0.2, -0.15) is 0 Å². The van der Waals surface area contributed by atoms with Crippen LogP contribution < -0.4 is 10.6 Å². The van der Waals surface area contributed by atoms with E-state index in [1.807, 2.05) is 18.2 Å². The van der Waals surface area contributed by atoms with Crippen LogP contribution in [0.1, 0.15) is 5.56 Å². The van der Waals surface area contributed by atoms with Crippen LogP contribution in [0.5, 0.6) is 0 Å². The van der Waals surface area contributed by atoms with Gasteiger partial charge in [0.25, 0.3) is 0 Å². The summed E-state index contributed by atoms with van der Waals surface area (Å²) in [6.45, 7) is 1.46. The number of hydrogen-bond donors (Lipinski definition) is 2. The predicted molar refractivity (Wildman–Crippen MR) is 79.0 cm³/mol. The number of nitrogen functional groups attached to an aromatic ring is 1. The fraction of sp³-hybridized carbons (Fsp3) is 0.462. The molecule has 1 aliphatic rings. The predicted octanol–water partition coefficient (Wildman–Crippen LogP) is 1.58. The van der Waals surface area contributed by atoms with Crippen molar-refractivity contribution in [2.45, 2.75) is 12.2 Å². The zero-order valence-electron chi connectivity index (χ0n) is 11.0. The van der Waals surface area contributed by atoms with Crippen LogP contribution in [0, 0.1) is 5.41 Å². The van der Waals surface area contributed by atoms with Crippen molar-refractivity contribution in [2.75, 3.05) is 32.2 Å². The first-order valence-electron chi connectivity index (χ1n) is 6.01. The standard InChI is InChI=1S/C13H18BrN3O2/c1-18-11-6-17(7-12(11)19-2)10-5-8(14)3-4-9(10)13(15)16/h3-5,11-12H,6-7H2,1-2H3,(H3,15,16). The molecule has 0 spiro atoms. The summed E-state index contributed by atoms with van der Waals surface area (Å²) in [6, 6.07) is 5.71. The third-order valence-corrected chi connectivity index (χ3v) is 3.90. The van der Waals surface area contributed by atoms with E-state index in [1.165, 1.54) is 0 Å². The van der Waals surface area contributed by atoms with E-state index in [0.717, 1.165) is 28.8 Å². The molecule has 19 heavy (non-hydrogen) atoms. The van der Waals surface area contributed by atoms with Crippen molar-refractivity contribution < 1.29 is 9.47 Å². The van der Waals surface area contributed by atoms with Gasteiger partial charge in [0.05, 0.1) is 0 Å². The number of rotatable bonds is 4. The zero-order valence-corrected chi connectivity index (χ0v) is 12.6. The van der Waals surface area contributed by atoms with Crippen LogP contribution in [0.15, 0.2) is 22.7 Å². The molecule has 1 heterocycles. The largest absolute Gasteiger partial charge is 0.384 e. The Morgan fingerprint density at radius 3 is 2.37 bits per heavy atom. The number of nitrogens with zero attached hydrogens (tertiary/aromatic N) is 1. The van der Waals surface area contributed by atoms with Crippen molar-refractivity contribution in [3.63, 3.8) is 0 Å². The van der Waals surface area contributed by atoms with Gasteiger partial charge in [-0.15, -0.1) is 0 Å². The highest BCUT2D eigenvalue weighted by molar-refractivity contribution is 9.10. The van der Waals surface area contributed by atoms with Gasteiger partial charge < -0.3 is 20.1 Å². The van der Waals surface area contributed by atoms with E-state index in [-0.39, 0.29) is 18.0 Å². The molecule has 0 bridgehead atoms. The van der Waals surface area contributed by atoms with Gasteiger partial charge in [-0.3, -0.25) is 5.41 Å². The lowest BCUT2D eigenvalue weighted by atomic mass is 10.1. The monoisotopic (exact) mass is 327 g/mol. The summed E-state index contributed by atoms with van der Waals surface area (Å²) in [5.74, 6) is 0.0670. The summed E-state index contributed by atoms with van der Waals surface area (Å²) in [7, 11) is 3.37. The summed E-state index contributed by atoms with van der Waals surface area (Å²) >= 11 is 3.46. The number of halogens is 1. The van der Waals surface area contributed by atoms with Gasteiger partial charge in [0.2, 0.25) is 0 Å². The minimum Gasteiger partial charge on any atom is -0.384 e. The van der Waals surface area contributed by atoms with Crippen LogP contribution in [0.3, 0.4) is 0 Å². The Bertz CT molecular complexity index is 469. The molecule has 1 aliphatic heterocycles. The molecule has 1 saturated heterocycles. The first-order chi connectivity index (χ1) is 9.06. The third-order valence-electron chi connectivity index (χ3n) is 3.41. The highest BCUT2D eigenvalue weighted by atomic mass is 79.9. The number of methoxy groups -OCH3 is 2. The lowest BCUT2D eigenvalue weighted by Crippen LogP contribution is -2.27. The van der Waals surface area contributed by atoms with Gasteiger partial charge in [-0.1, -0.05) is 15.9 Å². The minimum absolute atomic E-state index is 0.0313. The first kappa shape index (κ1) is 14.3. The molecule has 2 rings (SSSR count). The molecule has 0 aliphatic carbocycles. The van der Waals surface area contributed by atoms with E-state index in [0.29, 0.717) is 0 Å². The van der Waals surface area contributed by atoms with Crippen LogP contribution in [0.2, 0.25) is 0 Å². The van der Waals surface area contributed by atoms with Crippen molar-refractivity contribution in [3.8, 4) is 0 Å². The van der Waals surface area contributed by atoms with Gasteiger partial charge in [0.1, 0.15) is 18.0 Å². The van der Waals surface area contributed by atoms with Crippen molar-refractivity contribution in [3.05, 3.63) is 28.2 Å². The van der Waals surface area contributed by atoms with Gasteiger partial charge in [-0.05, 0) is 18.2 Å². The average Bonchev–Trinajstić information content (AvgIpc) is 2.81. The second kappa shape index (κ2) is 5.90. The Balaban J connectivity index is 2.32. The van der Waals surface area contributed by atoms with Crippen LogP contribution in [0.4, 0.5) is 5.69 Å². The molecule has 6 heteroatoms. The number of hydrogen-bond acceptors (Lipinski definition) is 4. The van der Waals surface area contributed by atoms with E-state index in [2.05, 4.69) is 20.8 Å². The molecule has 1 aromatic rings. The number of anilines is 1. The number of ether oxygens (including phenoxy) is 2. The number of amidine groups is 1. The van der Waals surface area contributed by atoms with Crippen LogP contribution in [-0.2, 0) is 9.47 Å². The van der Waals surface area contributed by atoms with E-state index in [9.17, 15) is 0 Å². The molecule has 0 radical (unpaired) electrons. The van der Waals surface area contributed by atoms with Gasteiger partial charge in [-0.25, -0.2) is 0 Å². The minimum atomic E-state index is 0.0313. The molecular weight excluding hydrogens is 310 g/mol. The molecule has 1 fully saturated rings. The SMILES string of the molecule is COC1CN(c2cc(Br)ccc2C(=N)N)CC1OC. The Hall–Kier alpha value is -1.11. The molecule has 104 valence electrons. The molecule has 3 N–H and O–H groups in total. The molecule has 5 nitrogen and oxygen atoms in total. The van der Waals surface area contributed by atoms with E-state index < -0.39 is 0 Å². The molecule has 1 aromatic carbocycles. The Kier molecular flexibility index (Phi) is 4.44. The second-order valence-corrected chi connectivity index (χ2v) is 5.44. The summed E-state index contributed by atoms with van der Waals surface area (Å²) in [6.07, 6.45) is 0.0626. The van der Waals surface area contributed by atoms with Gasteiger partial charge in [0.15, 0.2) is 0 Å². The van der Waals surface area contributed by atoms with Crippen molar-refractivity contribution in [2.24, 2.45) is 5.73 Å². The van der Waals surface area contributed by atoms with Crippen molar-refractivity contribution >= 4 is 27.5 Å². The summed E-state index contributed by atoms with van der Waals surface area (Å²) in [5.41, 5.74) is 7.31. The summed E-state index contributed by atoms with van der Waals surface area (Å²) in [4.78, 5) is 2.14. The second-order valence-electron chi connectivity index (χ2n) is 4.53. The maximum atomic E-state index is 7.67.